The molecule has 0 saturated carbocycles. The fourth-order valence-corrected chi connectivity index (χ4v) is 3.88. The summed E-state index contributed by atoms with van der Waals surface area (Å²) >= 11 is 7.36. The Labute approximate surface area is 174 Å². The summed E-state index contributed by atoms with van der Waals surface area (Å²) in [6.45, 7) is 0.314. The molecule has 4 aromatic rings. The number of aromatic amines is 1. The van der Waals surface area contributed by atoms with E-state index in [0.29, 0.717) is 45.9 Å². The Bertz CT molecular complexity index is 1290. The number of rotatable bonds is 6. The number of hydrogen-bond acceptors (Lipinski definition) is 6. The van der Waals surface area contributed by atoms with Crippen LogP contribution >= 0.6 is 23.4 Å². The summed E-state index contributed by atoms with van der Waals surface area (Å²) in [5.74, 6) is 1.33. The van der Waals surface area contributed by atoms with Crippen LogP contribution in [-0.2, 0) is 20.6 Å². The van der Waals surface area contributed by atoms with Gasteiger partial charge >= 0.3 is 5.69 Å². The maximum absolute atomic E-state index is 12.7. The smallest absolute Gasteiger partial charge is 0.328 e. The zero-order valence-corrected chi connectivity index (χ0v) is 17.4. The molecule has 0 bridgehead atoms. The van der Waals surface area contributed by atoms with Gasteiger partial charge in [-0.15, -0.1) is 5.10 Å². The standard InChI is InChI=1S/C18H18ClN7O2S/c1-24-10-20-15-13(24)16(27)26(18(28)25(15)2)8-3-9-29-17-21-14(22-23-17)11-4-6-12(19)7-5-11/h4-7,10H,3,8-9H2,1-2H3,(H,21,22,23). The molecular weight excluding hydrogens is 414 g/mol. The number of fused-ring (bicyclic) bond motifs is 1. The third-order valence-corrected chi connectivity index (χ3v) is 5.73. The van der Waals surface area contributed by atoms with Gasteiger partial charge in [-0.05, 0) is 30.7 Å². The van der Waals surface area contributed by atoms with Gasteiger partial charge in [0.2, 0.25) is 5.16 Å². The van der Waals surface area contributed by atoms with Crippen LogP contribution < -0.4 is 11.2 Å². The van der Waals surface area contributed by atoms with Crippen molar-refractivity contribution < 1.29 is 0 Å². The zero-order valence-electron chi connectivity index (χ0n) is 15.8. The van der Waals surface area contributed by atoms with E-state index in [9.17, 15) is 9.59 Å². The summed E-state index contributed by atoms with van der Waals surface area (Å²) in [6.07, 6.45) is 2.15. The van der Waals surface area contributed by atoms with Gasteiger partial charge in [-0.3, -0.25) is 19.0 Å². The van der Waals surface area contributed by atoms with E-state index in [4.69, 9.17) is 11.6 Å². The lowest BCUT2D eigenvalue weighted by molar-refractivity contribution is 0.594. The van der Waals surface area contributed by atoms with Gasteiger partial charge in [0.05, 0.1) is 6.33 Å². The van der Waals surface area contributed by atoms with Gasteiger partial charge in [0.25, 0.3) is 5.56 Å². The van der Waals surface area contributed by atoms with Crippen molar-refractivity contribution in [2.45, 2.75) is 18.1 Å². The van der Waals surface area contributed by atoms with Gasteiger partial charge in [-0.2, -0.15) is 0 Å². The third kappa shape index (κ3) is 3.73. The number of thioether (sulfide) groups is 1. The predicted octanol–water partition coefficient (Wildman–Crippen LogP) is 2.05. The molecule has 0 spiro atoms. The molecule has 4 rings (SSSR count). The van der Waals surface area contributed by atoms with Crippen LogP contribution in [0.5, 0.6) is 0 Å². The van der Waals surface area contributed by atoms with E-state index in [-0.39, 0.29) is 11.2 Å². The molecule has 0 fully saturated rings. The lowest BCUT2D eigenvalue weighted by Gasteiger charge is -2.08. The van der Waals surface area contributed by atoms with Crippen LogP contribution in [0.15, 0.2) is 45.3 Å². The fraction of sp³-hybridized carbons (Fsp3) is 0.278. The van der Waals surface area contributed by atoms with Crippen molar-refractivity contribution in [3.63, 3.8) is 0 Å². The summed E-state index contributed by atoms with van der Waals surface area (Å²) in [4.78, 5) is 33.8. The summed E-state index contributed by atoms with van der Waals surface area (Å²) in [7, 11) is 3.36. The van der Waals surface area contributed by atoms with Crippen LogP contribution in [-0.4, -0.2) is 39.6 Å². The molecule has 0 atom stereocenters. The van der Waals surface area contributed by atoms with Crippen LogP contribution in [0, 0.1) is 0 Å². The molecule has 3 heterocycles. The van der Waals surface area contributed by atoms with Crippen molar-refractivity contribution in [1.29, 1.82) is 0 Å². The van der Waals surface area contributed by atoms with Gasteiger partial charge in [-0.1, -0.05) is 23.4 Å². The number of aromatic nitrogens is 7. The molecule has 1 aromatic carbocycles. The maximum Gasteiger partial charge on any atom is 0.332 e. The second-order valence-corrected chi connectivity index (χ2v) is 8.00. The maximum atomic E-state index is 12.7. The van der Waals surface area contributed by atoms with E-state index in [0.717, 1.165) is 5.56 Å². The van der Waals surface area contributed by atoms with Gasteiger partial charge in [0, 0.05) is 37.0 Å². The van der Waals surface area contributed by atoms with Crippen molar-refractivity contribution in [2.24, 2.45) is 14.1 Å². The van der Waals surface area contributed by atoms with Crippen molar-refractivity contribution >= 4 is 34.5 Å². The summed E-state index contributed by atoms with van der Waals surface area (Å²) in [6, 6.07) is 7.33. The molecule has 0 unspecified atom stereocenters. The van der Waals surface area contributed by atoms with Gasteiger partial charge in [-0.25, -0.2) is 14.8 Å². The average Bonchev–Trinajstić information content (AvgIpc) is 3.33. The first kappa shape index (κ1) is 19.5. The minimum Gasteiger partial charge on any atom is -0.328 e. The Morgan fingerprint density at radius 3 is 2.69 bits per heavy atom. The Morgan fingerprint density at radius 2 is 1.93 bits per heavy atom. The van der Waals surface area contributed by atoms with Crippen LogP contribution in [0.3, 0.4) is 0 Å². The van der Waals surface area contributed by atoms with Crippen LogP contribution in [0.1, 0.15) is 6.42 Å². The zero-order chi connectivity index (χ0) is 20.5. The topological polar surface area (TPSA) is 103 Å². The Kier molecular flexibility index (Phi) is 5.29. The lowest BCUT2D eigenvalue weighted by atomic mass is 10.2. The normalized spacial score (nSPS) is 11.4. The highest BCUT2D eigenvalue weighted by Crippen LogP contribution is 2.21. The Balaban J connectivity index is 1.43. The SMILES string of the molecule is Cn1cnc2c1c(=O)n(CCCSc1n[nH]c(-c3ccc(Cl)cc3)n1)c(=O)n2C. The molecular formula is C18H18ClN7O2S. The molecule has 0 aliphatic carbocycles. The van der Waals surface area contributed by atoms with E-state index >= 15 is 0 Å². The molecule has 29 heavy (non-hydrogen) atoms. The van der Waals surface area contributed by atoms with Crippen molar-refractivity contribution in [1.82, 2.24) is 33.9 Å². The van der Waals surface area contributed by atoms with Crippen molar-refractivity contribution in [3.8, 4) is 11.4 Å². The monoisotopic (exact) mass is 431 g/mol. The Hall–Kier alpha value is -2.85. The number of halogens is 1. The largest absolute Gasteiger partial charge is 0.332 e. The quantitative estimate of drug-likeness (QED) is 0.370. The van der Waals surface area contributed by atoms with E-state index in [1.807, 2.05) is 12.1 Å². The second kappa shape index (κ2) is 7.88. The van der Waals surface area contributed by atoms with E-state index in [1.165, 1.54) is 27.2 Å². The molecule has 0 radical (unpaired) electrons. The molecule has 9 nitrogen and oxygen atoms in total. The first-order valence-corrected chi connectivity index (χ1v) is 10.2. The third-order valence-electron chi connectivity index (χ3n) is 4.54. The Morgan fingerprint density at radius 1 is 1.17 bits per heavy atom. The first-order chi connectivity index (χ1) is 14.0. The molecule has 150 valence electrons. The molecule has 11 heteroatoms. The number of nitrogens with zero attached hydrogens (tertiary/aromatic N) is 6. The van der Waals surface area contributed by atoms with Gasteiger partial charge in [0.1, 0.15) is 0 Å². The van der Waals surface area contributed by atoms with E-state index in [1.54, 1.807) is 30.8 Å². The summed E-state index contributed by atoms with van der Waals surface area (Å²) in [5.41, 5.74) is 1.02. The number of aryl methyl sites for hydroxylation is 2. The molecule has 0 aliphatic rings. The fourth-order valence-electron chi connectivity index (χ4n) is 3.03. The summed E-state index contributed by atoms with van der Waals surface area (Å²) in [5, 5.41) is 8.38. The predicted molar refractivity (Wildman–Crippen MR) is 112 cm³/mol. The molecule has 3 aromatic heterocycles. The number of nitrogens with one attached hydrogen (secondary N) is 1. The lowest BCUT2D eigenvalue weighted by Crippen LogP contribution is -2.39. The number of hydrogen-bond donors (Lipinski definition) is 1. The van der Waals surface area contributed by atoms with E-state index in [2.05, 4.69) is 20.2 Å². The summed E-state index contributed by atoms with van der Waals surface area (Å²) < 4.78 is 4.29. The molecule has 0 saturated heterocycles. The van der Waals surface area contributed by atoms with Gasteiger partial charge < -0.3 is 4.57 Å². The van der Waals surface area contributed by atoms with Gasteiger partial charge in [0.15, 0.2) is 17.0 Å². The number of imidazole rings is 1. The van der Waals surface area contributed by atoms with Crippen molar-refractivity contribution in [2.75, 3.05) is 5.75 Å². The van der Waals surface area contributed by atoms with Crippen LogP contribution in [0.4, 0.5) is 0 Å². The number of H-pyrrole nitrogens is 1. The average molecular weight is 432 g/mol. The van der Waals surface area contributed by atoms with Crippen LogP contribution in [0.2, 0.25) is 5.02 Å². The molecule has 0 aliphatic heterocycles. The highest BCUT2D eigenvalue weighted by atomic mass is 35.5. The molecule has 1 N–H and O–H groups in total. The van der Waals surface area contributed by atoms with E-state index < -0.39 is 0 Å². The highest BCUT2D eigenvalue weighted by molar-refractivity contribution is 7.99. The van der Waals surface area contributed by atoms with Crippen molar-refractivity contribution in [3.05, 3.63) is 56.5 Å². The van der Waals surface area contributed by atoms with Crippen LogP contribution in [0.25, 0.3) is 22.6 Å². The first-order valence-electron chi connectivity index (χ1n) is 8.87. The number of benzene rings is 1. The highest BCUT2D eigenvalue weighted by Gasteiger charge is 2.14. The minimum absolute atomic E-state index is 0.314. The second-order valence-electron chi connectivity index (χ2n) is 6.50. The molecule has 0 amide bonds. The minimum atomic E-state index is -0.367.